The molecule has 0 atom stereocenters. The van der Waals surface area contributed by atoms with Gasteiger partial charge in [-0.3, -0.25) is 0 Å². The fraction of sp³-hybridized carbons (Fsp3) is 0.111. The molecule has 0 saturated heterocycles. The smallest absolute Gasteiger partial charge is 0.339 e. The number of nitrogens with zero attached hydrogens (tertiary/aromatic N) is 3. The summed E-state index contributed by atoms with van der Waals surface area (Å²) in [6.07, 6.45) is 0. The largest absolute Gasteiger partial charge is 0.478 e. The molecule has 1 aromatic rings. The second kappa shape index (κ2) is 5.01. The highest BCUT2D eigenvalue weighted by Crippen LogP contribution is 2.23. The number of carboxylic acids is 1. The van der Waals surface area contributed by atoms with E-state index in [4.69, 9.17) is 21.4 Å². The summed E-state index contributed by atoms with van der Waals surface area (Å²) in [6, 6.07) is 4.85. The number of nitrogens with two attached hydrogens (primary N) is 1. The van der Waals surface area contributed by atoms with Gasteiger partial charge in [0.15, 0.2) is 0 Å². The fourth-order valence-electron chi connectivity index (χ4n) is 0.972. The Labute approximate surface area is 95.3 Å². The van der Waals surface area contributed by atoms with Gasteiger partial charge in [0.25, 0.3) is 0 Å². The van der Waals surface area contributed by atoms with E-state index < -0.39 is 5.97 Å². The SMILES string of the molecule is N#CCSc1nc(N)c(C(=O)O)cc1C#N. The van der Waals surface area contributed by atoms with Gasteiger partial charge in [0.1, 0.15) is 22.5 Å². The molecule has 0 unspecified atom stereocenters. The lowest BCUT2D eigenvalue weighted by Gasteiger charge is -2.04. The highest BCUT2D eigenvalue weighted by Gasteiger charge is 2.14. The predicted molar refractivity (Wildman–Crippen MR) is 56.7 cm³/mol. The van der Waals surface area contributed by atoms with E-state index in [2.05, 4.69) is 4.98 Å². The molecule has 0 bridgehead atoms. The van der Waals surface area contributed by atoms with Gasteiger partial charge in [0, 0.05) is 0 Å². The summed E-state index contributed by atoms with van der Waals surface area (Å²) >= 11 is 1.04. The lowest BCUT2D eigenvalue weighted by atomic mass is 10.2. The highest BCUT2D eigenvalue weighted by atomic mass is 32.2. The zero-order chi connectivity index (χ0) is 12.1. The molecule has 0 spiro atoms. The maximum absolute atomic E-state index is 10.7. The van der Waals surface area contributed by atoms with Crippen molar-refractivity contribution in [1.82, 2.24) is 4.98 Å². The van der Waals surface area contributed by atoms with Crippen LogP contribution in [0, 0.1) is 22.7 Å². The Morgan fingerprint density at radius 3 is 2.81 bits per heavy atom. The molecule has 3 N–H and O–H groups in total. The Balaban J connectivity index is 3.23. The van der Waals surface area contributed by atoms with Crippen molar-refractivity contribution in [2.45, 2.75) is 5.03 Å². The zero-order valence-electron chi connectivity index (χ0n) is 7.97. The van der Waals surface area contributed by atoms with Crippen LogP contribution in [-0.4, -0.2) is 21.8 Å². The number of carboxylic acid groups (broad SMARTS) is 1. The van der Waals surface area contributed by atoms with E-state index in [1.807, 2.05) is 12.1 Å². The fourth-order valence-corrected chi connectivity index (χ4v) is 1.60. The number of thioether (sulfide) groups is 1. The quantitative estimate of drug-likeness (QED) is 0.742. The van der Waals surface area contributed by atoms with Gasteiger partial charge in [-0.05, 0) is 6.07 Å². The lowest BCUT2D eigenvalue weighted by Crippen LogP contribution is -2.06. The maximum Gasteiger partial charge on any atom is 0.339 e. The average molecular weight is 234 g/mol. The Kier molecular flexibility index (Phi) is 3.70. The van der Waals surface area contributed by atoms with Crippen LogP contribution >= 0.6 is 11.8 Å². The van der Waals surface area contributed by atoms with Gasteiger partial charge in [-0.25, -0.2) is 9.78 Å². The Hall–Kier alpha value is -2.25. The van der Waals surface area contributed by atoms with E-state index in [-0.39, 0.29) is 27.7 Å². The second-order valence-electron chi connectivity index (χ2n) is 2.64. The first-order valence-electron chi connectivity index (χ1n) is 4.03. The minimum absolute atomic E-state index is 0.104. The lowest BCUT2D eigenvalue weighted by molar-refractivity contribution is 0.0697. The zero-order valence-corrected chi connectivity index (χ0v) is 8.78. The minimum Gasteiger partial charge on any atom is -0.478 e. The van der Waals surface area contributed by atoms with Crippen LogP contribution in [0.5, 0.6) is 0 Å². The summed E-state index contributed by atoms with van der Waals surface area (Å²) in [6.45, 7) is 0. The Bertz CT molecular complexity index is 515. The van der Waals surface area contributed by atoms with Crippen LogP contribution < -0.4 is 5.73 Å². The van der Waals surface area contributed by atoms with Gasteiger partial charge in [0.2, 0.25) is 0 Å². The molecule has 80 valence electrons. The maximum atomic E-state index is 10.7. The first-order chi connectivity index (χ1) is 7.60. The van der Waals surface area contributed by atoms with Crippen LogP contribution in [0.1, 0.15) is 15.9 Å². The van der Waals surface area contributed by atoms with Gasteiger partial charge in [0.05, 0.1) is 17.4 Å². The topological polar surface area (TPSA) is 124 Å². The van der Waals surface area contributed by atoms with Crippen LogP contribution in [-0.2, 0) is 0 Å². The van der Waals surface area contributed by atoms with Gasteiger partial charge in [-0.15, -0.1) is 0 Å². The summed E-state index contributed by atoms with van der Waals surface area (Å²) in [5.74, 6) is -1.28. The van der Waals surface area contributed by atoms with Crippen molar-refractivity contribution in [2.75, 3.05) is 11.5 Å². The molecule has 6 nitrogen and oxygen atoms in total. The van der Waals surface area contributed by atoms with Gasteiger partial charge < -0.3 is 10.8 Å². The molecule has 7 heteroatoms. The van der Waals surface area contributed by atoms with Crippen molar-refractivity contribution in [3.05, 3.63) is 17.2 Å². The number of rotatable bonds is 3. The number of nitriles is 2. The predicted octanol–water partition coefficient (Wildman–Crippen LogP) is 0.849. The molecule has 0 aliphatic heterocycles. The highest BCUT2D eigenvalue weighted by molar-refractivity contribution is 7.99. The van der Waals surface area contributed by atoms with Crippen LogP contribution in [0.3, 0.4) is 0 Å². The van der Waals surface area contributed by atoms with E-state index in [1.165, 1.54) is 0 Å². The normalized spacial score (nSPS) is 9.12. The molecule has 1 heterocycles. The second-order valence-corrected chi connectivity index (χ2v) is 3.60. The summed E-state index contributed by atoms with van der Waals surface area (Å²) in [5.41, 5.74) is 5.31. The summed E-state index contributed by atoms with van der Waals surface area (Å²) < 4.78 is 0. The van der Waals surface area contributed by atoms with E-state index >= 15 is 0 Å². The van der Waals surface area contributed by atoms with Crippen LogP contribution in [0.25, 0.3) is 0 Å². The molecule has 1 aromatic heterocycles. The Morgan fingerprint density at radius 1 is 1.62 bits per heavy atom. The molecule has 1 rings (SSSR count). The van der Waals surface area contributed by atoms with E-state index in [0.717, 1.165) is 17.8 Å². The summed E-state index contributed by atoms with van der Waals surface area (Å²) in [4.78, 5) is 14.5. The van der Waals surface area contributed by atoms with E-state index in [1.54, 1.807) is 0 Å². The molecule has 0 radical (unpaired) electrons. The third kappa shape index (κ3) is 2.41. The van der Waals surface area contributed by atoms with Gasteiger partial charge in [-0.1, -0.05) is 11.8 Å². The molecule has 0 fully saturated rings. The van der Waals surface area contributed by atoms with Crippen molar-refractivity contribution in [3.8, 4) is 12.1 Å². The van der Waals surface area contributed by atoms with Crippen molar-refractivity contribution >= 4 is 23.5 Å². The van der Waals surface area contributed by atoms with Crippen molar-refractivity contribution in [3.63, 3.8) is 0 Å². The van der Waals surface area contributed by atoms with Crippen molar-refractivity contribution in [2.24, 2.45) is 0 Å². The van der Waals surface area contributed by atoms with Gasteiger partial charge >= 0.3 is 5.97 Å². The number of hydrogen-bond acceptors (Lipinski definition) is 6. The van der Waals surface area contributed by atoms with Crippen molar-refractivity contribution in [1.29, 1.82) is 10.5 Å². The summed E-state index contributed by atoms with van der Waals surface area (Å²) in [5, 5.41) is 26.2. The van der Waals surface area contributed by atoms with Gasteiger partial charge in [-0.2, -0.15) is 10.5 Å². The first kappa shape index (κ1) is 11.8. The number of nitrogen functional groups attached to an aromatic ring is 1. The number of carbonyl (C=O) groups is 1. The first-order valence-corrected chi connectivity index (χ1v) is 5.02. The average Bonchev–Trinajstić information content (AvgIpc) is 2.25. The number of aromatic carboxylic acids is 1. The van der Waals surface area contributed by atoms with Crippen LogP contribution in [0.15, 0.2) is 11.1 Å². The molecule has 16 heavy (non-hydrogen) atoms. The number of anilines is 1. The summed E-state index contributed by atoms with van der Waals surface area (Å²) in [7, 11) is 0. The van der Waals surface area contributed by atoms with Crippen LogP contribution in [0.2, 0.25) is 0 Å². The third-order valence-corrected chi connectivity index (χ3v) is 2.50. The van der Waals surface area contributed by atoms with E-state index in [9.17, 15) is 4.79 Å². The van der Waals surface area contributed by atoms with Crippen LogP contribution in [0.4, 0.5) is 5.82 Å². The standard InChI is InChI=1S/C9H6N4O2S/c10-1-2-16-8-5(4-11)3-6(9(14)15)7(12)13-8/h3H,2H2,(H2,12,13)(H,14,15). The number of hydrogen-bond donors (Lipinski definition) is 2. The van der Waals surface area contributed by atoms with Crippen molar-refractivity contribution < 1.29 is 9.90 Å². The molecular formula is C9H6N4O2S. The molecule has 0 aliphatic rings. The number of pyridine rings is 1. The van der Waals surface area contributed by atoms with E-state index in [0.29, 0.717) is 0 Å². The monoisotopic (exact) mass is 234 g/mol. The molecular weight excluding hydrogens is 228 g/mol. The minimum atomic E-state index is -1.24. The number of aromatic nitrogens is 1. The molecule has 0 saturated carbocycles. The third-order valence-electron chi connectivity index (χ3n) is 1.64. The molecule has 0 aliphatic carbocycles. The molecule has 0 aromatic carbocycles. The molecule has 0 amide bonds. The Morgan fingerprint density at radius 2 is 2.31 bits per heavy atom.